The summed E-state index contributed by atoms with van der Waals surface area (Å²) in [6, 6.07) is 5.00. The molecule has 1 heterocycles. The number of aromatic nitrogens is 2. The first-order valence-electron chi connectivity index (χ1n) is 5.33. The average Bonchev–Trinajstić information content (AvgIpc) is 2.72. The fraction of sp³-hybridized carbons (Fsp3) is 0.250. The Morgan fingerprint density at radius 2 is 2.24 bits per heavy atom. The van der Waals surface area contributed by atoms with Crippen LogP contribution in [-0.2, 0) is 13.0 Å². The minimum Gasteiger partial charge on any atom is -0.333 e. The van der Waals surface area contributed by atoms with E-state index in [-0.39, 0.29) is 5.82 Å². The molecule has 0 saturated heterocycles. The number of benzene rings is 1. The third kappa shape index (κ3) is 3.14. The maximum Gasteiger partial charge on any atom is 0.137 e. The lowest BCUT2D eigenvalue weighted by molar-refractivity contribution is 0.619. The Hall–Kier alpha value is -1.20. The standard InChI is InChI=1S/C12H13BrFN3/c13-11-5-9(1-2-12(11)14)6-17-7-10(3-4-15)16-8-17/h1-2,5,7-8H,3-4,6,15H2. The predicted octanol–water partition coefficient (Wildman–Crippen LogP) is 2.33. The second kappa shape index (κ2) is 5.42. The van der Waals surface area contributed by atoms with Gasteiger partial charge < -0.3 is 10.3 Å². The van der Waals surface area contributed by atoms with Gasteiger partial charge in [0.2, 0.25) is 0 Å². The van der Waals surface area contributed by atoms with Gasteiger partial charge in [-0.15, -0.1) is 0 Å². The number of imidazole rings is 1. The summed E-state index contributed by atoms with van der Waals surface area (Å²) in [6.45, 7) is 1.27. The van der Waals surface area contributed by atoms with Gasteiger partial charge in [-0.2, -0.15) is 0 Å². The fourth-order valence-electron chi connectivity index (χ4n) is 1.62. The van der Waals surface area contributed by atoms with E-state index in [2.05, 4.69) is 20.9 Å². The lowest BCUT2D eigenvalue weighted by Gasteiger charge is -2.03. The van der Waals surface area contributed by atoms with Crippen molar-refractivity contribution in [1.29, 1.82) is 0 Å². The highest BCUT2D eigenvalue weighted by Gasteiger charge is 2.02. The van der Waals surface area contributed by atoms with Crippen molar-refractivity contribution in [1.82, 2.24) is 9.55 Å². The molecule has 2 aromatic rings. The molecule has 0 aliphatic heterocycles. The van der Waals surface area contributed by atoms with Crippen molar-refractivity contribution in [3.63, 3.8) is 0 Å². The van der Waals surface area contributed by atoms with Crippen molar-refractivity contribution in [2.45, 2.75) is 13.0 Å². The molecule has 2 rings (SSSR count). The van der Waals surface area contributed by atoms with Crippen LogP contribution in [0.15, 0.2) is 35.2 Å². The molecule has 2 N–H and O–H groups in total. The van der Waals surface area contributed by atoms with E-state index >= 15 is 0 Å². The molecule has 0 spiro atoms. The smallest absolute Gasteiger partial charge is 0.137 e. The van der Waals surface area contributed by atoms with Crippen LogP contribution in [0.5, 0.6) is 0 Å². The molecule has 5 heteroatoms. The second-order valence-corrected chi connectivity index (χ2v) is 4.68. The quantitative estimate of drug-likeness (QED) is 0.941. The van der Waals surface area contributed by atoms with Gasteiger partial charge in [-0.05, 0) is 40.2 Å². The molecule has 0 fully saturated rings. The highest BCUT2D eigenvalue weighted by Crippen LogP contribution is 2.17. The zero-order chi connectivity index (χ0) is 12.3. The molecule has 0 saturated carbocycles. The first kappa shape index (κ1) is 12.3. The van der Waals surface area contributed by atoms with E-state index in [9.17, 15) is 4.39 Å². The fourth-order valence-corrected chi connectivity index (χ4v) is 2.04. The Morgan fingerprint density at radius 3 is 2.94 bits per heavy atom. The molecule has 0 aliphatic rings. The predicted molar refractivity (Wildman–Crippen MR) is 68.2 cm³/mol. The molecule has 0 aliphatic carbocycles. The number of nitrogens with zero attached hydrogens (tertiary/aromatic N) is 2. The summed E-state index contributed by atoms with van der Waals surface area (Å²) in [5.41, 5.74) is 7.47. The summed E-state index contributed by atoms with van der Waals surface area (Å²) in [4.78, 5) is 4.24. The number of nitrogens with two attached hydrogens (primary N) is 1. The second-order valence-electron chi connectivity index (χ2n) is 3.82. The van der Waals surface area contributed by atoms with Crippen molar-refractivity contribution in [3.8, 4) is 0 Å². The monoisotopic (exact) mass is 297 g/mol. The van der Waals surface area contributed by atoms with Crippen LogP contribution in [0.3, 0.4) is 0 Å². The molecule has 90 valence electrons. The molecule has 0 amide bonds. The summed E-state index contributed by atoms with van der Waals surface area (Å²) in [6.07, 6.45) is 4.51. The van der Waals surface area contributed by atoms with Crippen molar-refractivity contribution in [3.05, 3.63) is 52.3 Å². The highest BCUT2D eigenvalue weighted by atomic mass is 79.9. The summed E-state index contributed by atoms with van der Waals surface area (Å²) < 4.78 is 15.5. The molecule has 0 radical (unpaired) electrons. The summed E-state index contributed by atoms with van der Waals surface area (Å²) >= 11 is 3.17. The maximum atomic E-state index is 13.1. The summed E-state index contributed by atoms with van der Waals surface area (Å²) in [7, 11) is 0. The third-order valence-corrected chi connectivity index (χ3v) is 3.04. The Kier molecular flexibility index (Phi) is 3.91. The lowest BCUT2D eigenvalue weighted by Crippen LogP contribution is -2.02. The first-order valence-corrected chi connectivity index (χ1v) is 6.13. The van der Waals surface area contributed by atoms with Crippen LogP contribution >= 0.6 is 15.9 Å². The highest BCUT2D eigenvalue weighted by molar-refractivity contribution is 9.10. The van der Waals surface area contributed by atoms with Gasteiger partial charge in [-0.25, -0.2) is 9.37 Å². The van der Waals surface area contributed by atoms with Gasteiger partial charge >= 0.3 is 0 Å². The molecule has 3 nitrogen and oxygen atoms in total. The van der Waals surface area contributed by atoms with Crippen molar-refractivity contribution in [2.24, 2.45) is 5.73 Å². The normalized spacial score (nSPS) is 10.8. The molecule has 0 bridgehead atoms. The van der Waals surface area contributed by atoms with Crippen LogP contribution in [0.4, 0.5) is 4.39 Å². The van der Waals surface area contributed by atoms with E-state index in [0.29, 0.717) is 17.6 Å². The molecular weight excluding hydrogens is 285 g/mol. The van der Waals surface area contributed by atoms with E-state index in [4.69, 9.17) is 5.73 Å². The van der Waals surface area contributed by atoms with E-state index in [1.165, 1.54) is 6.07 Å². The van der Waals surface area contributed by atoms with Gasteiger partial charge in [0, 0.05) is 19.2 Å². The number of hydrogen-bond acceptors (Lipinski definition) is 2. The number of hydrogen-bond donors (Lipinski definition) is 1. The van der Waals surface area contributed by atoms with E-state index in [1.807, 2.05) is 10.8 Å². The first-order chi connectivity index (χ1) is 8.19. The molecule has 0 atom stereocenters. The van der Waals surface area contributed by atoms with Crippen LogP contribution in [-0.4, -0.2) is 16.1 Å². The average molecular weight is 298 g/mol. The van der Waals surface area contributed by atoms with E-state index in [0.717, 1.165) is 17.7 Å². The summed E-state index contributed by atoms with van der Waals surface area (Å²) in [5.74, 6) is -0.247. The van der Waals surface area contributed by atoms with Gasteiger partial charge in [0.15, 0.2) is 0 Å². The van der Waals surface area contributed by atoms with Gasteiger partial charge in [0.05, 0.1) is 16.5 Å². The van der Waals surface area contributed by atoms with E-state index < -0.39 is 0 Å². The Morgan fingerprint density at radius 1 is 1.41 bits per heavy atom. The Bertz CT molecular complexity index is 510. The van der Waals surface area contributed by atoms with Crippen LogP contribution in [0.2, 0.25) is 0 Å². The van der Waals surface area contributed by atoms with E-state index in [1.54, 1.807) is 18.5 Å². The minimum atomic E-state index is -0.247. The topological polar surface area (TPSA) is 43.8 Å². The molecular formula is C12H13BrFN3. The number of rotatable bonds is 4. The largest absolute Gasteiger partial charge is 0.333 e. The third-order valence-electron chi connectivity index (χ3n) is 2.44. The molecule has 0 unspecified atom stereocenters. The zero-order valence-electron chi connectivity index (χ0n) is 9.24. The zero-order valence-corrected chi connectivity index (χ0v) is 10.8. The molecule has 1 aromatic carbocycles. The number of halogens is 2. The van der Waals surface area contributed by atoms with Crippen molar-refractivity contribution >= 4 is 15.9 Å². The molecule has 17 heavy (non-hydrogen) atoms. The molecule has 1 aromatic heterocycles. The maximum absolute atomic E-state index is 13.1. The minimum absolute atomic E-state index is 0.247. The van der Waals surface area contributed by atoms with Gasteiger partial charge in [-0.1, -0.05) is 6.07 Å². The Balaban J connectivity index is 2.11. The SMILES string of the molecule is NCCc1cn(Cc2ccc(F)c(Br)c2)cn1. The Labute approximate surface area is 108 Å². The van der Waals surface area contributed by atoms with Crippen molar-refractivity contribution < 1.29 is 4.39 Å². The van der Waals surface area contributed by atoms with Gasteiger partial charge in [-0.3, -0.25) is 0 Å². The van der Waals surface area contributed by atoms with Gasteiger partial charge in [0.25, 0.3) is 0 Å². The van der Waals surface area contributed by atoms with Crippen LogP contribution in [0.25, 0.3) is 0 Å². The van der Waals surface area contributed by atoms with Crippen molar-refractivity contribution in [2.75, 3.05) is 6.54 Å². The van der Waals surface area contributed by atoms with Crippen LogP contribution in [0.1, 0.15) is 11.3 Å². The lowest BCUT2D eigenvalue weighted by atomic mass is 10.2. The van der Waals surface area contributed by atoms with Crippen LogP contribution in [0, 0.1) is 5.82 Å². The van der Waals surface area contributed by atoms with Gasteiger partial charge in [0.1, 0.15) is 5.82 Å². The summed E-state index contributed by atoms with van der Waals surface area (Å²) in [5, 5.41) is 0. The van der Waals surface area contributed by atoms with Crippen LogP contribution < -0.4 is 5.73 Å².